The molecule has 138 valence electrons. The van der Waals surface area contributed by atoms with E-state index in [-0.39, 0.29) is 5.91 Å². The minimum atomic E-state index is -0.00575. The van der Waals surface area contributed by atoms with E-state index in [0.717, 1.165) is 22.4 Å². The van der Waals surface area contributed by atoms with Crippen LogP contribution in [0.15, 0.2) is 40.9 Å². The second kappa shape index (κ2) is 7.11. The van der Waals surface area contributed by atoms with Gasteiger partial charge in [-0.25, -0.2) is 0 Å². The van der Waals surface area contributed by atoms with Crippen molar-refractivity contribution in [2.75, 3.05) is 18.5 Å². The maximum atomic E-state index is 11.5. The number of hydrogen-bond donors (Lipinski definition) is 1. The maximum absolute atomic E-state index is 11.5. The summed E-state index contributed by atoms with van der Waals surface area (Å²) in [4.78, 5) is 16.0. The molecule has 7 nitrogen and oxygen atoms in total. The maximum Gasteiger partial charge on any atom is 0.258 e. The normalized spacial score (nSPS) is 12.6. The van der Waals surface area contributed by atoms with Crippen molar-refractivity contribution in [2.45, 2.75) is 20.3 Å². The molecule has 1 aromatic heterocycles. The van der Waals surface area contributed by atoms with Crippen molar-refractivity contribution in [3.05, 3.63) is 42.0 Å². The average molecular weight is 365 g/mol. The Morgan fingerprint density at radius 3 is 2.63 bits per heavy atom. The van der Waals surface area contributed by atoms with E-state index in [4.69, 9.17) is 14.0 Å². The molecule has 0 fully saturated rings. The summed E-state index contributed by atoms with van der Waals surface area (Å²) in [5.74, 6) is 2.15. The van der Waals surface area contributed by atoms with E-state index >= 15 is 0 Å². The second-order valence-corrected chi connectivity index (χ2v) is 6.05. The lowest BCUT2D eigenvalue weighted by molar-refractivity contribution is -0.115. The predicted molar refractivity (Wildman–Crippen MR) is 99.8 cm³/mol. The molecule has 3 aromatic rings. The Bertz CT molecular complexity index is 997. The van der Waals surface area contributed by atoms with Crippen molar-refractivity contribution in [3.8, 4) is 34.3 Å². The Labute approximate surface area is 156 Å². The third-order valence-electron chi connectivity index (χ3n) is 4.21. The quantitative estimate of drug-likeness (QED) is 0.717. The van der Waals surface area contributed by atoms with Gasteiger partial charge in [0.25, 0.3) is 5.89 Å². The smallest absolute Gasteiger partial charge is 0.258 e. The molecule has 2 heterocycles. The van der Waals surface area contributed by atoms with Crippen LogP contribution in [0.2, 0.25) is 0 Å². The van der Waals surface area contributed by atoms with Crippen LogP contribution in [0.3, 0.4) is 0 Å². The Morgan fingerprint density at radius 2 is 1.81 bits per heavy atom. The second-order valence-electron chi connectivity index (χ2n) is 6.05. The lowest BCUT2D eigenvalue weighted by atomic mass is 10.1. The number of aromatic nitrogens is 2. The van der Waals surface area contributed by atoms with Gasteiger partial charge in [0.2, 0.25) is 11.7 Å². The highest BCUT2D eigenvalue weighted by Gasteiger charge is 2.20. The Morgan fingerprint density at radius 1 is 1.04 bits per heavy atom. The van der Waals surface area contributed by atoms with E-state index in [0.29, 0.717) is 42.8 Å². The molecule has 0 saturated carbocycles. The number of rotatable bonds is 6. The first kappa shape index (κ1) is 17.1. The SMILES string of the molecule is CCOc1ccc(-c2nc(-c3ccc4c(c3)NC(=O)C4)no2)cc1OCC. The molecule has 0 bridgehead atoms. The van der Waals surface area contributed by atoms with Crippen molar-refractivity contribution in [3.63, 3.8) is 0 Å². The zero-order valence-electron chi connectivity index (χ0n) is 15.1. The number of hydrogen-bond acceptors (Lipinski definition) is 6. The van der Waals surface area contributed by atoms with Crippen LogP contribution in [0.25, 0.3) is 22.8 Å². The van der Waals surface area contributed by atoms with Gasteiger partial charge in [0.15, 0.2) is 11.5 Å². The van der Waals surface area contributed by atoms with Crippen molar-refractivity contribution >= 4 is 11.6 Å². The number of carbonyl (C=O) groups is 1. The number of nitrogens with one attached hydrogen (secondary N) is 1. The number of ether oxygens (including phenoxy) is 2. The van der Waals surface area contributed by atoms with Crippen LogP contribution in [0.5, 0.6) is 11.5 Å². The third-order valence-corrected chi connectivity index (χ3v) is 4.21. The topological polar surface area (TPSA) is 86.5 Å². The molecular weight excluding hydrogens is 346 g/mol. The van der Waals surface area contributed by atoms with Crippen LogP contribution in [0, 0.1) is 0 Å². The summed E-state index contributed by atoms with van der Waals surface area (Å²) in [5.41, 5.74) is 3.29. The number of fused-ring (bicyclic) bond motifs is 1. The minimum Gasteiger partial charge on any atom is -0.490 e. The molecule has 0 unspecified atom stereocenters. The molecule has 1 aliphatic heterocycles. The van der Waals surface area contributed by atoms with Gasteiger partial charge in [-0.2, -0.15) is 4.98 Å². The summed E-state index contributed by atoms with van der Waals surface area (Å²) in [7, 11) is 0. The molecule has 1 N–H and O–H groups in total. The van der Waals surface area contributed by atoms with Crippen LogP contribution >= 0.6 is 0 Å². The van der Waals surface area contributed by atoms with Gasteiger partial charge in [-0.1, -0.05) is 17.3 Å². The Hall–Kier alpha value is -3.35. The number of benzene rings is 2. The first-order valence-electron chi connectivity index (χ1n) is 8.84. The molecule has 2 aromatic carbocycles. The van der Waals surface area contributed by atoms with Crippen molar-refractivity contribution in [2.24, 2.45) is 0 Å². The van der Waals surface area contributed by atoms with Crippen molar-refractivity contribution in [1.29, 1.82) is 0 Å². The number of carbonyl (C=O) groups excluding carboxylic acids is 1. The summed E-state index contributed by atoms with van der Waals surface area (Å²) in [5, 5.41) is 6.90. The lowest BCUT2D eigenvalue weighted by Crippen LogP contribution is -2.03. The van der Waals surface area contributed by atoms with Gasteiger partial charge in [0.05, 0.1) is 19.6 Å². The summed E-state index contributed by atoms with van der Waals surface area (Å²) < 4.78 is 16.7. The molecule has 1 aliphatic rings. The molecule has 7 heteroatoms. The fourth-order valence-electron chi connectivity index (χ4n) is 3.00. The van der Waals surface area contributed by atoms with Crippen LogP contribution in [0.4, 0.5) is 5.69 Å². The molecule has 0 saturated heterocycles. The standard InChI is InChI=1S/C20H19N3O4/c1-3-25-16-8-7-14(10-17(16)26-4-2)20-22-19(23-27-20)13-6-5-12-11-18(24)21-15(12)9-13/h5-10H,3-4,11H2,1-2H3,(H,21,24). The monoisotopic (exact) mass is 365 g/mol. The van der Waals surface area contributed by atoms with E-state index in [1.807, 2.05) is 50.2 Å². The summed E-state index contributed by atoms with van der Waals surface area (Å²) >= 11 is 0. The lowest BCUT2D eigenvalue weighted by Gasteiger charge is -2.11. The third kappa shape index (κ3) is 3.36. The average Bonchev–Trinajstić information content (AvgIpc) is 3.28. The van der Waals surface area contributed by atoms with Crippen molar-refractivity contribution < 1.29 is 18.8 Å². The summed E-state index contributed by atoms with van der Waals surface area (Å²) in [6.07, 6.45) is 0.402. The molecule has 27 heavy (non-hydrogen) atoms. The highest BCUT2D eigenvalue weighted by molar-refractivity contribution is 5.99. The van der Waals surface area contributed by atoms with Crippen LogP contribution in [-0.4, -0.2) is 29.3 Å². The fourth-order valence-corrected chi connectivity index (χ4v) is 3.00. The zero-order chi connectivity index (χ0) is 18.8. The van der Waals surface area contributed by atoms with Gasteiger partial charge >= 0.3 is 0 Å². The number of nitrogens with zero attached hydrogens (tertiary/aromatic N) is 2. The summed E-state index contributed by atoms with van der Waals surface area (Å²) in [6.45, 7) is 4.92. The molecule has 0 aliphatic carbocycles. The van der Waals surface area contributed by atoms with E-state index in [9.17, 15) is 4.79 Å². The first-order chi connectivity index (χ1) is 13.2. The molecule has 0 radical (unpaired) electrons. The predicted octanol–water partition coefficient (Wildman–Crippen LogP) is 3.70. The number of amides is 1. The van der Waals surface area contributed by atoms with Crippen LogP contribution in [-0.2, 0) is 11.2 Å². The van der Waals surface area contributed by atoms with E-state index in [1.54, 1.807) is 0 Å². The van der Waals surface area contributed by atoms with Crippen LogP contribution in [0.1, 0.15) is 19.4 Å². The molecule has 1 amide bonds. The highest BCUT2D eigenvalue weighted by atomic mass is 16.5. The highest BCUT2D eigenvalue weighted by Crippen LogP contribution is 2.34. The van der Waals surface area contributed by atoms with E-state index < -0.39 is 0 Å². The summed E-state index contributed by atoms with van der Waals surface area (Å²) in [6, 6.07) is 11.2. The van der Waals surface area contributed by atoms with Gasteiger partial charge in [0.1, 0.15) is 0 Å². The zero-order valence-corrected chi connectivity index (χ0v) is 15.1. The van der Waals surface area contributed by atoms with Gasteiger partial charge in [-0.15, -0.1) is 0 Å². The Kier molecular flexibility index (Phi) is 4.50. The molecule has 0 atom stereocenters. The fraction of sp³-hybridized carbons (Fsp3) is 0.250. The minimum absolute atomic E-state index is 0.00575. The van der Waals surface area contributed by atoms with E-state index in [1.165, 1.54) is 0 Å². The van der Waals surface area contributed by atoms with Crippen molar-refractivity contribution in [1.82, 2.24) is 10.1 Å². The largest absolute Gasteiger partial charge is 0.490 e. The van der Waals surface area contributed by atoms with Gasteiger partial charge in [-0.05, 0) is 43.7 Å². The van der Waals surface area contributed by atoms with Gasteiger partial charge < -0.3 is 19.3 Å². The Balaban J connectivity index is 1.64. The number of anilines is 1. The first-order valence-corrected chi connectivity index (χ1v) is 8.84. The van der Waals surface area contributed by atoms with Gasteiger partial charge in [0, 0.05) is 16.8 Å². The van der Waals surface area contributed by atoms with E-state index in [2.05, 4.69) is 15.5 Å². The molecular formula is C20H19N3O4. The molecule has 0 spiro atoms. The van der Waals surface area contributed by atoms with Gasteiger partial charge in [-0.3, -0.25) is 4.79 Å². The molecule has 4 rings (SSSR count). The van der Waals surface area contributed by atoms with Crippen LogP contribution < -0.4 is 14.8 Å².